The summed E-state index contributed by atoms with van der Waals surface area (Å²) in [6.07, 6.45) is 0. The lowest BCUT2D eigenvalue weighted by Crippen LogP contribution is -2.33. The van der Waals surface area contributed by atoms with Crippen molar-refractivity contribution in [3.8, 4) is 0 Å². The van der Waals surface area contributed by atoms with E-state index in [1.165, 1.54) is 0 Å². The minimum absolute atomic E-state index is 0.0255. The topological polar surface area (TPSA) is 69.6 Å². The van der Waals surface area contributed by atoms with Crippen LogP contribution < -0.4 is 5.32 Å². The molecular weight excluding hydrogens is 312 g/mol. The molecule has 2 atom stereocenters. The SMILES string of the molecule is CC1CN(C(=O)Nc2ccccc2Br)CC1C(=O)O. The molecule has 5 nitrogen and oxygen atoms in total. The van der Waals surface area contributed by atoms with Crippen LogP contribution in [0.5, 0.6) is 0 Å². The number of carboxylic acid groups (broad SMARTS) is 1. The second-order valence-electron chi connectivity index (χ2n) is 4.74. The molecule has 102 valence electrons. The summed E-state index contributed by atoms with van der Waals surface area (Å²) < 4.78 is 0.797. The largest absolute Gasteiger partial charge is 0.481 e. The van der Waals surface area contributed by atoms with E-state index in [4.69, 9.17) is 5.11 Å². The highest BCUT2D eigenvalue weighted by Crippen LogP contribution is 2.25. The molecule has 1 aliphatic heterocycles. The molecule has 1 fully saturated rings. The minimum atomic E-state index is -0.844. The van der Waals surface area contributed by atoms with E-state index in [1.54, 1.807) is 11.0 Å². The van der Waals surface area contributed by atoms with Crippen molar-refractivity contribution in [3.05, 3.63) is 28.7 Å². The number of hydrogen-bond acceptors (Lipinski definition) is 2. The number of carbonyl (C=O) groups is 2. The number of urea groups is 1. The first-order valence-electron chi connectivity index (χ1n) is 6.02. The highest BCUT2D eigenvalue weighted by atomic mass is 79.9. The Balaban J connectivity index is 2.02. The van der Waals surface area contributed by atoms with Gasteiger partial charge in [-0.15, -0.1) is 0 Å². The molecule has 0 saturated carbocycles. The van der Waals surface area contributed by atoms with Gasteiger partial charge in [0.25, 0.3) is 0 Å². The summed E-state index contributed by atoms with van der Waals surface area (Å²) in [5.74, 6) is -1.35. The summed E-state index contributed by atoms with van der Waals surface area (Å²) in [6, 6.07) is 7.05. The number of halogens is 1. The summed E-state index contributed by atoms with van der Waals surface area (Å²) >= 11 is 3.35. The number of nitrogens with one attached hydrogen (secondary N) is 1. The molecule has 0 bridgehead atoms. The summed E-state index contributed by atoms with van der Waals surface area (Å²) in [5, 5.41) is 11.8. The van der Waals surface area contributed by atoms with E-state index in [0.717, 1.165) is 4.47 Å². The number of nitrogens with zero attached hydrogens (tertiary/aromatic N) is 1. The summed E-state index contributed by atoms with van der Waals surface area (Å²) in [5.41, 5.74) is 0.680. The molecule has 0 aromatic heterocycles. The van der Waals surface area contributed by atoms with Gasteiger partial charge in [0, 0.05) is 17.6 Å². The molecule has 2 N–H and O–H groups in total. The van der Waals surface area contributed by atoms with Crippen LogP contribution >= 0.6 is 15.9 Å². The molecule has 2 amide bonds. The predicted octanol–water partition coefficient (Wildman–Crippen LogP) is 2.63. The normalized spacial score (nSPS) is 22.3. The molecule has 6 heteroatoms. The number of anilines is 1. The third-order valence-corrected chi connectivity index (χ3v) is 4.02. The van der Waals surface area contributed by atoms with E-state index < -0.39 is 11.9 Å². The Hall–Kier alpha value is -1.56. The van der Waals surface area contributed by atoms with E-state index in [0.29, 0.717) is 12.2 Å². The number of aliphatic carboxylic acids is 1. The van der Waals surface area contributed by atoms with Crippen LogP contribution in [0.15, 0.2) is 28.7 Å². The van der Waals surface area contributed by atoms with Crippen LogP contribution in [0.1, 0.15) is 6.92 Å². The number of carboxylic acids is 1. The molecule has 1 aromatic carbocycles. The Morgan fingerprint density at radius 2 is 2.05 bits per heavy atom. The van der Waals surface area contributed by atoms with Gasteiger partial charge in [0.2, 0.25) is 0 Å². The fourth-order valence-corrected chi connectivity index (χ4v) is 2.59. The van der Waals surface area contributed by atoms with Crippen molar-refractivity contribution in [1.82, 2.24) is 4.90 Å². The number of carbonyl (C=O) groups excluding carboxylic acids is 1. The Morgan fingerprint density at radius 3 is 2.63 bits per heavy atom. The lowest BCUT2D eigenvalue weighted by atomic mass is 9.99. The van der Waals surface area contributed by atoms with E-state index >= 15 is 0 Å². The lowest BCUT2D eigenvalue weighted by Gasteiger charge is -2.17. The zero-order valence-electron chi connectivity index (χ0n) is 10.5. The number of likely N-dealkylation sites (tertiary alicyclic amines) is 1. The number of amides is 2. The first-order chi connectivity index (χ1) is 8.99. The standard InChI is InChI=1S/C13H15BrN2O3/c1-8-6-16(7-9(8)12(17)18)13(19)15-11-5-3-2-4-10(11)14/h2-5,8-9H,6-7H2,1H3,(H,15,19)(H,17,18). The van der Waals surface area contributed by atoms with Crippen molar-refractivity contribution >= 4 is 33.6 Å². The highest BCUT2D eigenvalue weighted by molar-refractivity contribution is 9.10. The van der Waals surface area contributed by atoms with Crippen LogP contribution in [0, 0.1) is 11.8 Å². The third-order valence-electron chi connectivity index (χ3n) is 3.33. The van der Waals surface area contributed by atoms with Crippen LogP contribution in [0.4, 0.5) is 10.5 Å². The summed E-state index contributed by atoms with van der Waals surface area (Å²) in [7, 11) is 0. The van der Waals surface area contributed by atoms with Crippen molar-refractivity contribution in [2.45, 2.75) is 6.92 Å². The van der Waals surface area contributed by atoms with Crippen LogP contribution in [0.3, 0.4) is 0 Å². The monoisotopic (exact) mass is 326 g/mol. The van der Waals surface area contributed by atoms with Gasteiger partial charge in [-0.3, -0.25) is 4.79 Å². The van der Waals surface area contributed by atoms with Gasteiger partial charge in [-0.05, 0) is 34.0 Å². The van der Waals surface area contributed by atoms with Gasteiger partial charge in [0.05, 0.1) is 11.6 Å². The highest BCUT2D eigenvalue weighted by Gasteiger charge is 2.36. The van der Waals surface area contributed by atoms with Gasteiger partial charge in [0.1, 0.15) is 0 Å². The Morgan fingerprint density at radius 1 is 1.37 bits per heavy atom. The van der Waals surface area contributed by atoms with E-state index in [1.807, 2.05) is 25.1 Å². The molecule has 0 aliphatic carbocycles. The fraction of sp³-hybridized carbons (Fsp3) is 0.385. The zero-order valence-corrected chi connectivity index (χ0v) is 12.1. The van der Waals surface area contributed by atoms with Gasteiger partial charge in [-0.25, -0.2) is 4.79 Å². The quantitative estimate of drug-likeness (QED) is 0.877. The minimum Gasteiger partial charge on any atom is -0.481 e. The van der Waals surface area contributed by atoms with Gasteiger partial charge < -0.3 is 15.3 Å². The first-order valence-corrected chi connectivity index (χ1v) is 6.81. The van der Waals surface area contributed by atoms with Crippen LogP contribution in [-0.4, -0.2) is 35.1 Å². The van der Waals surface area contributed by atoms with Crippen LogP contribution in [-0.2, 0) is 4.79 Å². The van der Waals surface area contributed by atoms with Gasteiger partial charge >= 0.3 is 12.0 Å². The summed E-state index contributed by atoms with van der Waals surface area (Å²) in [6.45, 7) is 2.57. The van der Waals surface area contributed by atoms with Gasteiger partial charge in [-0.1, -0.05) is 19.1 Å². The fourth-order valence-electron chi connectivity index (χ4n) is 2.21. The lowest BCUT2D eigenvalue weighted by molar-refractivity contribution is -0.142. The molecular formula is C13H15BrN2O3. The Kier molecular flexibility index (Phi) is 4.09. The second-order valence-corrected chi connectivity index (χ2v) is 5.59. The number of rotatable bonds is 2. The zero-order chi connectivity index (χ0) is 14.0. The molecule has 1 aromatic rings. The molecule has 2 unspecified atom stereocenters. The maximum atomic E-state index is 12.1. The molecule has 1 heterocycles. The maximum Gasteiger partial charge on any atom is 0.321 e. The van der Waals surface area contributed by atoms with Crippen LogP contribution in [0.25, 0.3) is 0 Å². The average Bonchev–Trinajstić information content (AvgIpc) is 2.74. The summed E-state index contributed by atoms with van der Waals surface area (Å²) in [4.78, 5) is 24.7. The Labute approximate surface area is 119 Å². The molecule has 19 heavy (non-hydrogen) atoms. The number of hydrogen-bond donors (Lipinski definition) is 2. The third kappa shape index (κ3) is 3.07. The van der Waals surface area contributed by atoms with Crippen LogP contribution in [0.2, 0.25) is 0 Å². The molecule has 0 radical (unpaired) electrons. The molecule has 2 rings (SSSR count). The van der Waals surface area contributed by atoms with Crippen molar-refractivity contribution < 1.29 is 14.7 Å². The number of benzene rings is 1. The molecule has 1 saturated heterocycles. The van der Waals surface area contributed by atoms with E-state index in [9.17, 15) is 9.59 Å². The van der Waals surface area contributed by atoms with Crippen molar-refractivity contribution in [1.29, 1.82) is 0 Å². The first kappa shape index (κ1) is 13.9. The van der Waals surface area contributed by atoms with Gasteiger partial charge in [0.15, 0.2) is 0 Å². The maximum absolute atomic E-state index is 12.1. The molecule has 1 aliphatic rings. The molecule has 0 spiro atoms. The predicted molar refractivity (Wildman–Crippen MR) is 75.0 cm³/mol. The van der Waals surface area contributed by atoms with E-state index in [2.05, 4.69) is 21.2 Å². The Bertz CT molecular complexity index is 506. The van der Waals surface area contributed by atoms with E-state index in [-0.39, 0.29) is 18.5 Å². The van der Waals surface area contributed by atoms with Crippen molar-refractivity contribution in [2.24, 2.45) is 11.8 Å². The smallest absolute Gasteiger partial charge is 0.321 e. The van der Waals surface area contributed by atoms with Crippen molar-refractivity contribution in [3.63, 3.8) is 0 Å². The second kappa shape index (κ2) is 5.61. The average molecular weight is 327 g/mol. The number of para-hydroxylation sites is 1. The van der Waals surface area contributed by atoms with Crippen molar-refractivity contribution in [2.75, 3.05) is 18.4 Å². The van der Waals surface area contributed by atoms with Gasteiger partial charge in [-0.2, -0.15) is 0 Å².